The Balaban J connectivity index is 1.45. The van der Waals surface area contributed by atoms with Crippen molar-refractivity contribution in [3.8, 4) is 5.75 Å². The van der Waals surface area contributed by atoms with E-state index in [1.807, 2.05) is 26.0 Å². The third kappa shape index (κ3) is 6.22. The lowest BCUT2D eigenvalue weighted by Gasteiger charge is -2.29. The second kappa shape index (κ2) is 9.90. The molecule has 32 heavy (non-hydrogen) atoms. The molecule has 2 aromatic carbocycles. The van der Waals surface area contributed by atoms with Crippen molar-refractivity contribution in [3.63, 3.8) is 0 Å². The summed E-state index contributed by atoms with van der Waals surface area (Å²) in [6.45, 7) is 4.80. The van der Waals surface area contributed by atoms with Gasteiger partial charge in [0.2, 0.25) is 0 Å². The molecule has 1 amide bonds. The van der Waals surface area contributed by atoms with Crippen molar-refractivity contribution in [1.82, 2.24) is 10.6 Å². The van der Waals surface area contributed by atoms with Gasteiger partial charge in [-0.2, -0.15) is 13.2 Å². The second-order valence-corrected chi connectivity index (χ2v) is 8.61. The van der Waals surface area contributed by atoms with Crippen molar-refractivity contribution in [2.45, 2.75) is 58.3 Å². The number of carbonyl (C=O) groups is 1. The van der Waals surface area contributed by atoms with Gasteiger partial charge in [0, 0.05) is 24.7 Å². The number of amides is 1. The lowest BCUT2D eigenvalue weighted by atomic mass is 9.86. The summed E-state index contributed by atoms with van der Waals surface area (Å²) >= 11 is 0. The van der Waals surface area contributed by atoms with Crippen LogP contribution in [0.25, 0.3) is 0 Å². The molecule has 174 valence electrons. The summed E-state index contributed by atoms with van der Waals surface area (Å²) < 4.78 is 52.0. The van der Waals surface area contributed by atoms with E-state index in [0.29, 0.717) is 37.0 Å². The molecular weight excluding hydrogens is 424 g/mol. The minimum atomic E-state index is -4.71. The van der Waals surface area contributed by atoms with Crippen LogP contribution in [0.3, 0.4) is 0 Å². The van der Waals surface area contributed by atoms with E-state index in [-0.39, 0.29) is 11.5 Å². The Labute approximate surface area is 185 Å². The fourth-order valence-corrected chi connectivity index (χ4v) is 4.20. The van der Waals surface area contributed by atoms with Gasteiger partial charge in [0.25, 0.3) is 5.91 Å². The maximum Gasteiger partial charge on any atom is 0.416 e. The van der Waals surface area contributed by atoms with Crippen molar-refractivity contribution in [2.75, 3.05) is 6.54 Å². The average molecular weight is 452 g/mol. The van der Waals surface area contributed by atoms with Crippen LogP contribution in [0.1, 0.15) is 58.3 Å². The molecule has 2 aromatic rings. The summed E-state index contributed by atoms with van der Waals surface area (Å²) in [6, 6.07) is 6.14. The van der Waals surface area contributed by atoms with E-state index in [1.165, 1.54) is 0 Å². The molecule has 0 aliphatic heterocycles. The van der Waals surface area contributed by atoms with Crippen molar-refractivity contribution >= 4 is 5.91 Å². The molecule has 0 radical (unpaired) electrons. The second-order valence-electron chi connectivity index (χ2n) is 8.61. The molecule has 3 rings (SSSR count). The molecule has 0 unspecified atom stereocenters. The highest BCUT2D eigenvalue weighted by molar-refractivity contribution is 5.94. The zero-order chi connectivity index (χ0) is 23.5. The number of carbonyl (C=O) groups excluding carboxylic acids is 1. The quantitative estimate of drug-likeness (QED) is 0.525. The smallest absolute Gasteiger partial charge is 0.416 e. The molecule has 0 atom stereocenters. The molecule has 3 N–H and O–H groups in total. The summed E-state index contributed by atoms with van der Waals surface area (Å²) in [5, 5.41) is 16.1. The molecule has 1 fully saturated rings. The number of phenols is 1. The molecular formula is C24H28F4N2O2. The zero-order valence-corrected chi connectivity index (χ0v) is 18.2. The number of halogens is 4. The number of aromatic hydroxyl groups is 1. The van der Waals surface area contributed by atoms with E-state index in [2.05, 4.69) is 10.6 Å². The Morgan fingerprint density at radius 2 is 1.66 bits per heavy atom. The number of hydrogen-bond donors (Lipinski definition) is 3. The minimum Gasteiger partial charge on any atom is -0.507 e. The number of benzene rings is 2. The first-order valence-corrected chi connectivity index (χ1v) is 10.7. The van der Waals surface area contributed by atoms with E-state index < -0.39 is 23.5 Å². The van der Waals surface area contributed by atoms with E-state index in [0.717, 1.165) is 48.4 Å². The van der Waals surface area contributed by atoms with Crippen LogP contribution >= 0.6 is 0 Å². The maximum absolute atomic E-state index is 13.5. The molecule has 0 saturated heterocycles. The van der Waals surface area contributed by atoms with Gasteiger partial charge < -0.3 is 15.7 Å². The third-order valence-electron chi connectivity index (χ3n) is 6.03. The first-order valence-electron chi connectivity index (χ1n) is 10.7. The molecule has 8 heteroatoms. The molecule has 0 spiro atoms. The average Bonchev–Trinajstić information content (AvgIpc) is 2.74. The summed E-state index contributed by atoms with van der Waals surface area (Å²) in [6.07, 6.45) is -1.10. The number of alkyl halides is 3. The summed E-state index contributed by atoms with van der Waals surface area (Å²) in [4.78, 5) is 12.2. The van der Waals surface area contributed by atoms with Gasteiger partial charge in [0.15, 0.2) is 0 Å². The molecule has 1 saturated carbocycles. The van der Waals surface area contributed by atoms with Crippen LogP contribution in [0.2, 0.25) is 0 Å². The van der Waals surface area contributed by atoms with Crippen molar-refractivity contribution in [1.29, 1.82) is 0 Å². The standard InChI is InChI=1S/C24H28F4N2O2/c1-14-7-17(8-15(2)22(14)31)13-29-21-5-3-16(4-6-21)12-30-23(32)18-9-19(24(26,27)28)11-20(25)10-18/h7-11,16,21,29,31H,3-6,12-13H2,1-2H3,(H,30,32). The molecule has 0 bridgehead atoms. The molecule has 1 aliphatic rings. The van der Waals surface area contributed by atoms with Crippen LogP contribution in [-0.2, 0) is 12.7 Å². The first kappa shape index (κ1) is 24.0. The topological polar surface area (TPSA) is 61.4 Å². The summed E-state index contributed by atoms with van der Waals surface area (Å²) in [5.41, 5.74) is 1.31. The fourth-order valence-electron chi connectivity index (χ4n) is 4.20. The lowest BCUT2D eigenvalue weighted by Crippen LogP contribution is -2.36. The molecule has 0 heterocycles. The number of nitrogens with one attached hydrogen (secondary N) is 2. The normalized spacial score (nSPS) is 19.1. The molecule has 1 aliphatic carbocycles. The highest BCUT2D eigenvalue weighted by Crippen LogP contribution is 2.30. The number of aryl methyl sites for hydroxylation is 2. The van der Waals surface area contributed by atoms with Gasteiger partial charge in [-0.3, -0.25) is 4.79 Å². The van der Waals surface area contributed by atoms with E-state index >= 15 is 0 Å². The molecule has 0 aromatic heterocycles. The van der Waals surface area contributed by atoms with Crippen molar-refractivity contribution in [3.05, 3.63) is 64.0 Å². The number of phenolic OH excluding ortho intramolecular Hbond substituents is 1. The first-order chi connectivity index (χ1) is 15.0. The Morgan fingerprint density at radius 1 is 1.03 bits per heavy atom. The van der Waals surface area contributed by atoms with Gasteiger partial charge in [-0.15, -0.1) is 0 Å². The van der Waals surface area contributed by atoms with E-state index in [4.69, 9.17) is 0 Å². The zero-order valence-electron chi connectivity index (χ0n) is 18.2. The predicted molar refractivity (Wildman–Crippen MR) is 114 cm³/mol. The summed E-state index contributed by atoms with van der Waals surface area (Å²) in [5.74, 6) is -1.24. The maximum atomic E-state index is 13.5. The lowest BCUT2D eigenvalue weighted by molar-refractivity contribution is -0.137. The summed E-state index contributed by atoms with van der Waals surface area (Å²) in [7, 11) is 0. The molecule has 4 nitrogen and oxygen atoms in total. The number of rotatable bonds is 6. The van der Waals surface area contributed by atoms with Gasteiger partial charge in [0.1, 0.15) is 11.6 Å². The predicted octanol–water partition coefficient (Wildman–Crippen LogP) is 5.25. The monoisotopic (exact) mass is 452 g/mol. The van der Waals surface area contributed by atoms with E-state index in [9.17, 15) is 27.5 Å². The van der Waals surface area contributed by atoms with Crippen LogP contribution in [0, 0.1) is 25.6 Å². The van der Waals surface area contributed by atoms with Crippen LogP contribution in [0.5, 0.6) is 5.75 Å². The largest absolute Gasteiger partial charge is 0.507 e. The van der Waals surface area contributed by atoms with Gasteiger partial charge in [-0.05, 0) is 80.3 Å². The highest BCUT2D eigenvalue weighted by Gasteiger charge is 2.32. The fraction of sp³-hybridized carbons (Fsp3) is 0.458. The van der Waals surface area contributed by atoms with E-state index in [1.54, 1.807) is 0 Å². The van der Waals surface area contributed by atoms with Crippen LogP contribution < -0.4 is 10.6 Å². The van der Waals surface area contributed by atoms with Gasteiger partial charge in [0.05, 0.1) is 5.56 Å². The Hall–Kier alpha value is -2.61. The van der Waals surface area contributed by atoms with Gasteiger partial charge in [-0.1, -0.05) is 12.1 Å². The van der Waals surface area contributed by atoms with Crippen molar-refractivity contribution in [2.24, 2.45) is 5.92 Å². The highest BCUT2D eigenvalue weighted by atomic mass is 19.4. The Bertz CT molecular complexity index is 944. The SMILES string of the molecule is Cc1cc(CNC2CCC(CNC(=O)c3cc(F)cc(C(F)(F)F)c3)CC2)cc(C)c1O. The van der Waals surface area contributed by atoms with Gasteiger partial charge in [-0.25, -0.2) is 4.39 Å². The van der Waals surface area contributed by atoms with Crippen LogP contribution in [0.15, 0.2) is 30.3 Å². The Morgan fingerprint density at radius 3 is 2.25 bits per heavy atom. The minimum absolute atomic E-state index is 0.228. The number of hydrogen-bond acceptors (Lipinski definition) is 3. The van der Waals surface area contributed by atoms with Crippen LogP contribution in [0.4, 0.5) is 17.6 Å². The van der Waals surface area contributed by atoms with Crippen molar-refractivity contribution < 1.29 is 27.5 Å². The van der Waals surface area contributed by atoms with Gasteiger partial charge >= 0.3 is 6.18 Å². The third-order valence-corrected chi connectivity index (χ3v) is 6.03. The Kier molecular flexibility index (Phi) is 7.44. The van der Waals surface area contributed by atoms with Crippen LogP contribution in [-0.4, -0.2) is 23.6 Å².